The Morgan fingerprint density at radius 2 is 1.38 bits per heavy atom. The normalized spacial score (nSPS) is 29.2. The highest BCUT2D eigenvalue weighted by atomic mass is 32.2. The summed E-state index contributed by atoms with van der Waals surface area (Å²) in [5.41, 5.74) is 4.04. The van der Waals surface area contributed by atoms with Crippen molar-refractivity contribution in [2.75, 3.05) is 32.7 Å². The Bertz CT molecular complexity index is 1870. The number of rotatable bonds is 20. The molecule has 9 atom stereocenters. The zero-order valence-electron chi connectivity index (χ0n) is 42.9. The van der Waals surface area contributed by atoms with E-state index in [1.54, 1.807) is 19.2 Å². The summed E-state index contributed by atoms with van der Waals surface area (Å²) in [4.78, 5) is 0.304. The van der Waals surface area contributed by atoms with Gasteiger partial charge in [-0.25, -0.2) is 8.42 Å². The van der Waals surface area contributed by atoms with Gasteiger partial charge in [-0.2, -0.15) is 0 Å². The predicted octanol–water partition coefficient (Wildman–Crippen LogP) is 11.6. The van der Waals surface area contributed by atoms with Crippen LogP contribution in [0.1, 0.15) is 119 Å². The number of methoxy groups -OCH3 is 1. The molecule has 0 amide bonds. The summed E-state index contributed by atoms with van der Waals surface area (Å²) >= 11 is 0. The molecule has 0 N–H and O–H groups in total. The molecular weight excluding hydrogens is 873 g/mol. The number of hydrogen-bond acceptors (Lipinski definition) is 10. The number of ether oxygens (including phenoxy) is 6. The molecule has 0 bridgehead atoms. The highest BCUT2D eigenvalue weighted by Crippen LogP contribution is 2.44. The first-order valence-corrected chi connectivity index (χ1v) is 31.9. The minimum absolute atomic E-state index is 0.0238. The van der Waals surface area contributed by atoms with Gasteiger partial charge in [-0.1, -0.05) is 94.2 Å². The van der Waals surface area contributed by atoms with Gasteiger partial charge in [-0.05, 0) is 109 Å². The lowest BCUT2D eigenvalue weighted by atomic mass is 9.86. The zero-order valence-corrected chi connectivity index (χ0v) is 45.7. The van der Waals surface area contributed by atoms with Crippen molar-refractivity contribution in [3.8, 4) is 0 Å². The number of sulfone groups is 1. The molecule has 0 aliphatic carbocycles. The van der Waals surface area contributed by atoms with Crippen molar-refractivity contribution < 1.29 is 45.7 Å². The lowest BCUT2D eigenvalue weighted by Crippen LogP contribution is -2.49. The van der Waals surface area contributed by atoms with E-state index >= 15 is 0 Å². The van der Waals surface area contributed by atoms with Crippen LogP contribution in [0, 0.1) is 11.3 Å². The largest absolute Gasteiger partial charge is 0.414 e. The second-order valence-corrected chi connectivity index (χ2v) is 35.1. The minimum atomic E-state index is -3.73. The van der Waals surface area contributed by atoms with Crippen LogP contribution in [-0.2, 0) is 53.5 Å². The Kier molecular flexibility index (Phi) is 18.1. The van der Waals surface area contributed by atoms with Crippen molar-refractivity contribution in [1.82, 2.24) is 0 Å². The summed E-state index contributed by atoms with van der Waals surface area (Å²) in [6.45, 7) is 44.1. The molecule has 4 saturated heterocycles. The molecule has 4 fully saturated rings. The Balaban J connectivity index is 1.33. The maximum absolute atomic E-state index is 14.4. The molecule has 5 rings (SSSR count). The first-order valence-electron chi connectivity index (χ1n) is 24.4. The molecule has 13 heteroatoms. The first kappa shape index (κ1) is 54.4. The third kappa shape index (κ3) is 14.3. The maximum atomic E-state index is 14.4. The molecule has 0 spiro atoms. The second kappa shape index (κ2) is 21.6. The van der Waals surface area contributed by atoms with Gasteiger partial charge in [0.15, 0.2) is 32.8 Å². The van der Waals surface area contributed by atoms with Crippen molar-refractivity contribution in [3.63, 3.8) is 0 Å². The monoisotopic (exact) mass is 961 g/mol. The molecule has 0 aromatic heterocycles. The van der Waals surface area contributed by atoms with E-state index in [2.05, 4.69) is 108 Å². The Morgan fingerprint density at radius 3 is 1.97 bits per heavy atom. The molecule has 0 saturated carbocycles. The molecule has 370 valence electrons. The summed E-state index contributed by atoms with van der Waals surface area (Å²) in [6, 6.07) is 7.25. The van der Waals surface area contributed by atoms with E-state index in [4.69, 9.17) is 37.3 Å². The number of aryl methyl sites for hydroxylation is 1. The summed E-state index contributed by atoms with van der Waals surface area (Å²) in [7, 11) is -6.46. The highest BCUT2D eigenvalue weighted by molar-refractivity contribution is 7.91. The fourth-order valence-electron chi connectivity index (χ4n) is 9.01. The average Bonchev–Trinajstić information content (AvgIpc) is 3.73. The van der Waals surface area contributed by atoms with Crippen molar-refractivity contribution in [1.29, 1.82) is 0 Å². The van der Waals surface area contributed by atoms with Gasteiger partial charge in [0.05, 0.1) is 79.3 Å². The summed E-state index contributed by atoms with van der Waals surface area (Å²) in [5, 5.41) is -0.00444. The van der Waals surface area contributed by atoms with Gasteiger partial charge < -0.3 is 37.3 Å². The van der Waals surface area contributed by atoms with Crippen LogP contribution in [0.25, 0.3) is 0 Å². The van der Waals surface area contributed by atoms with Gasteiger partial charge in [0.25, 0.3) is 0 Å². The SMILES string of the molecule is C=C1C[C@H](CC[C@@H]2O[C@@H](CCC3OCC(C)(C)CO3)CC2=C)O[C@H](C[C@@H]2O[C@H](C[C@@H](CO[Si](C)(C)C(C)(C)C)O[Si](C)(C)C(C)(C)C)C(OC)[C@H]2CS(=O)(=O)c2ccc(CC)cc2)C1=C. The standard InChI is InChI=1S/C52H88O10SSi2/c1-18-38-19-23-42(24-20-38)63(53,54)32-43-46(61-47(49(43)55-13)29-41(62-65(16,17)51(8,9)10)31-58-64(14,15)50(5,6)7)30-45-37(4)35(2)27-39(60-45)21-25-44-36(3)28-40(59-44)22-26-48-56-33-52(11,12)34-57-48/h19-20,23-24,39-41,43-49H,2-4,18,21-22,25-34H2,1,5-17H3/t39-,40-,41-,43-,44-,45+,46-,47+,49?/m0/s1. The number of benzene rings is 1. The van der Waals surface area contributed by atoms with Crippen molar-refractivity contribution in [2.24, 2.45) is 11.3 Å². The van der Waals surface area contributed by atoms with Crippen LogP contribution in [-0.4, -0.2) is 113 Å². The fraction of sp³-hybridized carbons (Fsp3) is 0.769. The Hall–Kier alpha value is -1.50. The van der Waals surface area contributed by atoms with Crippen molar-refractivity contribution in [3.05, 3.63) is 66.3 Å². The van der Waals surface area contributed by atoms with E-state index < -0.39 is 56.8 Å². The summed E-state index contributed by atoms with van der Waals surface area (Å²) in [6.07, 6.45) is 4.09. The van der Waals surface area contributed by atoms with Crippen molar-refractivity contribution >= 4 is 26.5 Å². The molecular formula is C52H88O10SSi2. The molecule has 65 heavy (non-hydrogen) atoms. The predicted molar refractivity (Wildman–Crippen MR) is 267 cm³/mol. The lowest BCUT2D eigenvalue weighted by molar-refractivity contribution is -0.225. The van der Waals surface area contributed by atoms with E-state index in [0.717, 1.165) is 60.8 Å². The van der Waals surface area contributed by atoms with E-state index in [-0.39, 0.29) is 52.0 Å². The smallest absolute Gasteiger partial charge is 0.192 e. The van der Waals surface area contributed by atoms with E-state index in [1.807, 2.05) is 12.1 Å². The average molecular weight is 962 g/mol. The van der Waals surface area contributed by atoms with Gasteiger partial charge in [0, 0.05) is 37.7 Å². The molecule has 4 aliphatic heterocycles. The van der Waals surface area contributed by atoms with Crippen LogP contribution >= 0.6 is 0 Å². The molecule has 4 aliphatic rings. The Labute approximate surface area is 397 Å². The van der Waals surface area contributed by atoms with Crippen LogP contribution in [0.15, 0.2) is 65.6 Å². The van der Waals surface area contributed by atoms with Crippen LogP contribution in [0.3, 0.4) is 0 Å². The lowest BCUT2D eigenvalue weighted by Gasteiger charge is -2.42. The van der Waals surface area contributed by atoms with Gasteiger partial charge >= 0.3 is 0 Å². The third-order valence-electron chi connectivity index (χ3n) is 15.4. The summed E-state index contributed by atoms with van der Waals surface area (Å²) in [5.74, 6) is -0.612. The second-order valence-electron chi connectivity index (χ2n) is 23.5. The quantitative estimate of drug-likeness (QED) is 0.0926. The molecule has 10 nitrogen and oxygen atoms in total. The molecule has 1 aromatic rings. The van der Waals surface area contributed by atoms with Crippen LogP contribution in [0.5, 0.6) is 0 Å². The third-order valence-corrected chi connectivity index (χ3v) is 26.3. The van der Waals surface area contributed by atoms with Crippen molar-refractivity contribution in [2.45, 2.75) is 216 Å². The summed E-state index contributed by atoms with van der Waals surface area (Å²) < 4.78 is 81.5. The van der Waals surface area contributed by atoms with Gasteiger partial charge in [-0.3, -0.25) is 0 Å². The maximum Gasteiger partial charge on any atom is 0.192 e. The van der Waals surface area contributed by atoms with Gasteiger partial charge in [-0.15, -0.1) is 0 Å². The first-order chi connectivity index (χ1) is 30.0. The van der Waals surface area contributed by atoms with Crippen LogP contribution < -0.4 is 0 Å². The molecule has 4 heterocycles. The molecule has 1 aromatic carbocycles. The molecule has 0 radical (unpaired) electrons. The van der Waals surface area contributed by atoms with Gasteiger partial charge in [0.1, 0.15) is 0 Å². The van der Waals surface area contributed by atoms with E-state index in [0.29, 0.717) is 44.0 Å². The van der Waals surface area contributed by atoms with E-state index in [9.17, 15) is 8.42 Å². The molecule has 1 unspecified atom stereocenters. The number of hydrogen-bond donors (Lipinski definition) is 0. The van der Waals surface area contributed by atoms with Crippen LogP contribution in [0.2, 0.25) is 36.3 Å². The van der Waals surface area contributed by atoms with Gasteiger partial charge in [0.2, 0.25) is 0 Å². The minimum Gasteiger partial charge on any atom is -0.414 e. The zero-order chi connectivity index (χ0) is 48.3. The topological polar surface area (TPSA) is 108 Å². The van der Waals surface area contributed by atoms with E-state index in [1.165, 1.54) is 0 Å². The highest BCUT2D eigenvalue weighted by Gasteiger charge is 2.50. The fourth-order valence-corrected chi connectivity index (χ4v) is 13.1. The Morgan fingerprint density at radius 1 is 0.800 bits per heavy atom. The van der Waals surface area contributed by atoms with Crippen LogP contribution in [0.4, 0.5) is 0 Å².